The van der Waals surface area contributed by atoms with Crippen molar-refractivity contribution in [2.75, 3.05) is 23.3 Å². The fraction of sp³-hybridized carbons (Fsp3) is 0.421. The molecule has 2 fully saturated rings. The Morgan fingerprint density at radius 3 is 2.71 bits per heavy atom. The second-order valence-electron chi connectivity index (χ2n) is 7.83. The zero-order chi connectivity index (χ0) is 19.4. The minimum atomic E-state index is -0.187. The van der Waals surface area contributed by atoms with Crippen molar-refractivity contribution in [1.29, 1.82) is 0 Å². The molecule has 3 aromatic heterocycles. The standard InChI is InChI=1S/C19H22N8O/c1-10(2)27-9-23-13-6-22-16(5-14(13)27)24-15-3-4-21-19(25-15)26-7-11-12(8-26)17(11)18(20)28/h3-6,9-12,17H,7-8H2,1-2H3,(H2,20,28)(H,21,22,24,25)/t11-,12?,17+/m0/s1. The number of primary amides is 1. The monoisotopic (exact) mass is 378 g/mol. The van der Waals surface area contributed by atoms with Crippen molar-refractivity contribution in [2.24, 2.45) is 23.5 Å². The Kier molecular flexibility index (Phi) is 3.71. The Labute approximate surface area is 162 Å². The number of rotatable bonds is 5. The van der Waals surface area contributed by atoms with Gasteiger partial charge in [0.25, 0.3) is 0 Å². The van der Waals surface area contributed by atoms with Gasteiger partial charge in [0.1, 0.15) is 17.2 Å². The third-order valence-electron chi connectivity index (χ3n) is 5.72. The first-order valence-corrected chi connectivity index (χ1v) is 9.48. The molecule has 0 bridgehead atoms. The van der Waals surface area contributed by atoms with Gasteiger partial charge in [0, 0.05) is 37.3 Å². The number of anilines is 3. The van der Waals surface area contributed by atoms with E-state index in [1.165, 1.54) is 0 Å². The first-order chi connectivity index (χ1) is 13.5. The van der Waals surface area contributed by atoms with Gasteiger partial charge in [-0.3, -0.25) is 4.79 Å². The molecule has 0 radical (unpaired) electrons. The summed E-state index contributed by atoms with van der Waals surface area (Å²) < 4.78 is 2.11. The van der Waals surface area contributed by atoms with Gasteiger partial charge in [-0.05, 0) is 31.7 Å². The minimum absolute atomic E-state index is 0.0271. The Balaban J connectivity index is 1.34. The first kappa shape index (κ1) is 16.9. The largest absolute Gasteiger partial charge is 0.369 e. The molecule has 0 aromatic carbocycles. The van der Waals surface area contributed by atoms with Gasteiger partial charge >= 0.3 is 0 Å². The van der Waals surface area contributed by atoms with Crippen molar-refractivity contribution in [3.8, 4) is 0 Å². The molecule has 2 aliphatic rings. The van der Waals surface area contributed by atoms with E-state index in [2.05, 4.69) is 48.6 Å². The van der Waals surface area contributed by atoms with Gasteiger partial charge in [-0.15, -0.1) is 0 Å². The van der Waals surface area contributed by atoms with E-state index in [9.17, 15) is 4.79 Å². The predicted molar refractivity (Wildman–Crippen MR) is 105 cm³/mol. The number of imidazole rings is 1. The highest BCUT2D eigenvalue weighted by Crippen LogP contribution is 2.51. The highest BCUT2D eigenvalue weighted by molar-refractivity contribution is 5.81. The number of piperidine rings is 1. The van der Waals surface area contributed by atoms with Crippen molar-refractivity contribution in [3.05, 3.63) is 30.9 Å². The van der Waals surface area contributed by atoms with Gasteiger partial charge in [-0.25, -0.2) is 15.0 Å². The highest BCUT2D eigenvalue weighted by Gasteiger charge is 2.59. The van der Waals surface area contributed by atoms with Gasteiger partial charge in [-0.1, -0.05) is 0 Å². The van der Waals surface area contributed by atoms with Gasteiger partial charge in [0.15, 0.2) is 0 Å². The summed E-state index contributed by atoms with van der Waals surface area (Å²) in [6, 6.07) is 4.11. The topological polar surface area (TPSA) is 115 Å². The lowest BCUT2D eigenvalue weighted by atomic mass is 10.2. The highest BCUT2D eigenvalue weighted by atomic mass is 16.1. The molecule has 1 saturated heterocycles. The van der Waals surface area contributed by atoms with Gasteiger partial charge in [0.05, 0.1) is 18.0 Å². The summed E-state index contributed by atoms with van der Waals surface area (Å²) in [5.41, 5.74) is 7.32. The van der Waals surface area contributed by atoms with Gasteiger partial charge in [0.2, 0.25) is 11.9 Å². The van der Waals surface area contributed by atoms with Crippen LogP contribution in [0.4, 0.5) is 17.6 Å². The van der Waals surface area contributed by atoms with Crippen molar-refractivity contribution in [3.63, 3.8) is 0 Å². The maximum atomic E-state index is 11.4. The van der Waals surface area contributed by atoms with Gasteiger partial charge in [-0.2, -0.15) is 4.98 Å². The summed E-state index contributed by atoms with van der Waals surface area (Å²) in [4.78, 5) is 31.3. The average Bonchev–Trinajstić information content (AvgIpc) is 3.02. The van der Waals surface area contributed by atoms with E-state index < -0.39 is 0 Å². The zero-order valence-corrected chi connectivity index (χ0v) is 15.8. The van der Waals surface area contributed by atoms with Crippen molar-refractivity contribution < 1.29 is 4.79 Å². The molecule has 1 unspecified atom stereocenters. The molecule has 1 saturated carbocycles. The second kappa shape index (κ2) is 6.15. The van der Waals surface area contributed by atoms with E-state index in [1.54, 1.807) is 12.4 Å². The van der Waals surface area contributed by atoms with Crippen molar-refractivity contribution >= 4 is 34.5 Å². The number of nitrogens with zero attached hydrogens (tertiary/aromatic N) is 6. The molecule has 3 atom stereocenters. The molecule has 0 spiro atoms. The number of amides is 1. The number of hydrogen-bond acceptors (Lipinski definition) is 7. The SMILES string of the molecule is CC(C)n1cnc2cnc(Nc3ccnc(N4CC5[C@H](C4)[C@H]5C(N)=O)n3)cc21. The third kappa shape index (κ3) is 2.74. The van der Waals surface area contributed by atoms with E-state index in [0.29, 0.717) is 35.5 Å². The first-order valence-electron chi connectivity index (χ1n) is 9.48. The number of aromatic nitrogens is 5. The van der Waals surface area contributed by atoms with Crippen molar-refractivity contribution in [1.82, 2.24) is 24.5 Å². The molecule has 3 aromatic rings. The average molecular weight is 378 g/mol. The number of carbonyl (C=O) groups excluding carboxylic acids is 1. The molecule has 1 amide bonds. The molecule has 9 nitrogen and oxygen atoms in total. The zero-order valence-electron chi connectivity index (χ0n) is 15.8. The summed E-state index contributed by atoms with van der Waals surface area (Å²) >= 11 is 0. The molecule has 3 N–H and O–H groups in total. The van der Waals surface area contributed by atoms with Crippen LogP contribution in [-0.2, 0) is 4.79 Å². The van der Waals surface area contributed by atoms with Crippen LogP contribution in [0.25, 0.3) is 11.0 Å². The molecule has 9 heteroatoms. The molecule has 5 rings (SSSR count). The normalized spacial score (nSPS) is 23.2. The molecule has 4 heterocycles. The van der Waals surface area contributed by atoms with Gasteiger partial charge < -0.3 is 20.5 Å². The van der Waals surface area contributed by atoms with Crippen LogP contribution in [0.15, 0.2) is 30.9 Å². The maximum Gasteiger partial charge on any atom is 0.227 e. The Bertz CT molecular complexity index is 1050. The third-order valence-corrected chi connectivity index (χ3v) is 5.72. The maximum absolute atomic E-state index is 11.4. The lowest BCUT2D eigenvalue weighted by Crippen LogP contribution is -2.29. The smallest absolute Gasteiger partial charge is 0.227 e. The Hall–Kier alpha value is -3.23. The van der Waals surface area contributed by atoms with Crippen LogP contribution in [0.1, 0.15) is 19.9 Å². The minimum Gasteiger partial charge on any atom is -0.369 e. The number of fused-ring (bicyclic) bond motifs is 2. The Morgan fingerprint density at radius 1 is 1.21 bits per heavy atom. The molecule has 1 aliphatic heterocycles. The fourth-order valence-electron chi connectivity index (χ4n) is 4.22. The van der Waals surface area contributed by atoms with E-state index in [4.69, 9.17) is 5.73 Å². The van der Waals surface area contributed by atoms with Crippen LogP contribution in [0.2, 0.25) is 0 Å². The van der Waals surface area contributed by atoms with Crippen LogP contribution in [0.5, 0.6) is 0 Å². The molecule has 1 aliphatic carbocycles. The van der Waals surface area contributed by atoms with Crippen LogP contribution in [-0.4, -0.2) is 43.5 Å². The number of pyridine rings is 1. The predicted octanol–water partition coefficient (Wildman–Crippen LogP) is 1.71. The number of nitrogens with one attached hydrogen (secondary N) is 1. The number of carbonyl (C=O) groups is 1. The molecular formula is C19H22N8O. The Morgan fingerprint density at radius 2 is 2.00 bits per heavy atom. The van der Waals surface area contributed by atoms with Crippen molar-refractivity contribution in [2.45, 2.75) is 19.9 Å². The van der Waals surface area contributed by atoms with Crippen LogP contribution < -0.4 is 16.0 Å². The van der Waals surface area contributed by atoms with E-state index in [0.717, 1.165) is 24.1 Å². The van der Waals surface area contributed by atoms with Crippen LogP contribution >= 0.6 is 0 Å². The summed E-state index contributed by atoms with van der Waals surface area (Å²) in [6.07, 6.45) is 5.33. The van der Waals surface area contributed by atoms with E-state index in [-0.39, 0.29) is 11.8 Å². The fourth-order valence-corrected chi connectivity index (χ4v) is 4.22. The lowest BCUT2D eigenvalue weighted by molar-refractivity contribution is -0.119. The molecule has 144 valence electrons. The summed E-state index contributed by atoms with van der Waals surface area (Å²) in [5, 5.41) is 3.26. The van der Waals surface area contributed by atoms with E-state index >= 15 is 0 Å². The van der Waals surface area contributed by atoms with Crippen LogP contribution in [0.3, 0.4) is 0 Å². The van der Waals surface area contributed by atoms with Crippen LogP contribution in [0, 0.1) is 17.8 Å². The van der Waals surface area contributed by atoms with E-state index in [1.807, 2.05) is 18.5 Å². The second-order valence-corrected chi connectivity index (χ2v) is 7.83. The summed E-state index contributed by atoms with van der Waals surface area (Å²) in [6.45, 7) is 5.79. The summed E-state index contributed by atoms with van der Waals surface area (Å²) in [7, 11) is 0. The quantitative estimate of drug-likeness (QED) is 0.694. The number of hydrogen-bond donors (Lipinski definition) is 2. The summed E-state index contributed by atoms with van der Waals surface area (Å²) in [5.74, 6) is 2.58. The lowest BCUT2D eigenvalue weighted by Gasteiger charge is -2.19. The molecule has 28 heavy (non-hydrogen) atoms. The molecular weight excluding hydrogens is 356 g/mol. The number of nitrogens with two attached hydrogens (primary N) is 1.